The predicted molar refractivity (Wildman–Crippen MR) is 93.8 cm³/mol. The summed E-state index contributed by atoms with van der Waals surface area (Å²) in [5.74, 6) is -2.59. The summed E-state index contributed by atoms with van der Waals surface area (Å²) in [7, 11) is 0. The third-order valence-electron chi connectivity index (χ3n) is 5.84. The summed E-state index contributed by atoms with van der Waals surface area (Å²) in [6.07, 6.45) is 0.679. The molecule has 1 aliphatic heterocycles. The normalized spacial score (nSPS) is 39.7. The Hall–Kier alpha value is -2.18. The number of esters is 2. The molecule has 0 unspecified atom stereocenters. The van der Waals surface area contributed by atoms with Crippen molar-refractivity contribution in [2.45, 2.75) is 51.1 Å². The Morgan fingerprint density at radius 2 is 2.12 bits per heavy atom. The van der Waals surface area contributed by atoms with Crippen molar-refractivity contribution >= 4 is 11.9 Å². The van der Waals surface area contributed by atoms with Crippen molar-refractivity contribution in [3.05, 3.63) is 47.6 Å². The van der Waals surface area contributed by atoms with Crippen molar-refractivity contribution in [3.8, 4) is 0 Å². The molecular formula is C20H24O6. The van der Waals surface area contributed by atoms with Crippen LogP contribution < -0.4 is 0 Å². The topological polar surface area (TPSA) is 93.1 Å². The Morgan fingerprint density at radius 1 is 1.46 bits per heavy atom. The van der Waals surface area contributed by atoms with Crippen molar-refractivity contribution in [2.24, 2.45) is 11.8 Å². The summed E-state index contributed by atoms with van der Waals surface area (Å²) in [6.45, 7) is 12.8. The number of carbonyl (C=O) groups is 2. The number of fused-ring (bicyclic) bond motifs is 3. The lowest BCUT2D eigenvalue weighted by molar-refractivity contribution is -0.159. The van der Waals surface area contributed by atoms with Crippen LogP contribution in [0.15, 0.2) is 47.6 Å². The first-order chi connectivity index (χ1) is 12.1. The van der Waals surface area contributed by atoms with Crippen molar-refractivity contribution in [2.75, 3.05) is 0 Å². The third-order valence-corrected chi connectivity index (χ3v) is 5.84. The molecule has 3 rings (SSSR count). The standard InChI is InChI=1S/C20H24O6/c1-6-9(2)18(22)25-14-7-10(3)16-13(21)8-11(4)20(16,24)17-15(14)12(5)19(23)26-17/h6,8,13-17,21,24H,3,5,7H2,1-2,4H3/b9-6-/t13-,14-,15+,16-,17+,20-/m1/s1. The zero-order chi connectivity index (χ0) is 19.4. The first-order valence-corrected chi connectivity index (χ1v) is 8.63. The Labute approximate surface area is 152 Å². The molecule has 1 saturated carbocycles. The minimum absolute atomic E-state index is 0.155. The molecule has 0 aromatic rings. The summed E-state index contributed by atoms with van der Waals surface area (Å²) in [6, 6.07) is 0. The van der Waals surface area contributed by atoms with Gasteiger partial charge in [-0.3, -0.25) is 0 Å². The van der Waals surface area contributed by atoms with Crippen molar-refractivity contribution < 1.29 is 29.3 Å². The largest absolute Gasteiger partial charge is 0.458 e. The van der Waals surface area contributed by atoms with E-state index in [4.69, 9.17) is 9.47 Å². The van der Waals surface area contributed by atoms with E-state index in [0.717, 1.165) is 0 Å². The first-order valence-electron chi connectivity index (χ1n) is 8.63. The van der Waals surface area contributed by atoms with Crippen molar-refractivity contribution in [1.29, 1.82) is 0 Å². The number of hydrogen-bond acceptors (Lipinski definition) is 6. The maximum Gasteiger partial charge on any atom is 0.334 e. The summed E-state index contributed by atoms with van der Waals surface area (Å²) in [4.78, 5) is 24.5. The molecule has 6 heteroatoms. The van der Waals surface area contributed by atoms with E-state index in [-0.39, 0.29) is 12.0 Å². The molecule has 2 N–H and O–H groups in total. The minimum atomic E-state index is -1.60. The third kappa shape index (κ3) is 2.47. The van der Waals surface area contributed by atoms with E-state index in [0.29, 0.717) is 16.7 Å². The van der Waals surface area contributed by atoms with Gasteiger partial charge in [-0.15, -0.1) is 0 Å². The number of ether oxygens (including phenoxy) is 2. The smallest absolute Gasteiger partial charge is 0.334 e. The Bertz CT molecular complexity index is 760. The van der Waals surface area contributed by atoms with Gasteiger partial charge < -0.3 is 19.7 Å². The fraction of sp³-hybridized carbons (Fsp3) is 0.500. The molecule has 0 aromatic carbocycles. The van der Waals surface area contributed by atoms with Crippen LogP contribution in [-0.4, -0.2) is 46.1 Å². The maximum atomic E-state index is 12.3. The lowest BCUT2D eigenvalue weighted by Gasteiger charge is -2.38. The number of carbonyl (C=O) groups excluding carboxylic acids is 2. The maximum absolute atomic E-state index is 12.3. The zero-order valence-electron chi connectivity index (χ0n) is 15.2. The molecule has 6 nitrogen and oxygen atoms in total. The Balaban J connectivity index is 2.06. The fourth-order valence-corrected chi connectivity index (χ4v) is 4.29. The number of allylic oxidation sites excluding steroid dienone is 1. The number of aliphatic hydroxyl groups is 2. The SMILES string of the molecule is C=C1C(=O)O[C@H]2[C@@H]1[C@H](OC(=O)/C(C)=C\C)CC(=C)[C@@H]1[C@H](O)C=C(C)[C@@]12O. The number of rotatable bonds is 2. The molecule has 140 valence electrons. The van der Waals surface area contributed by atoms with E-state index in [1.54, 1.807) is 32.9 Å². The highest BCUT2D eigenvalue weighted by Gasteiger charge is 2.64. The van der Waals surface area contributed by atoms with Gasteiger partial charge in [-0.25, -0.2) is 9.59 Å². The zero-order valence-corrected chi connectivity index (χ0v) is 15.2. The van der Waals surface area contributed by atoms with Gasteiger partial charge in [0.2, 0.25) is 0 Å². The van der Waals surface area contributed by atoms with Gasteiger partial charge in [-0.2, -0.15) is 0 Å². The number of hydrogen-bond donors (Lipinski definition) is 2. The average Bonchev–Trinajstić information content (AvgIpc) is 2.96. The quantitative estimate of drug-likeness (QED) is 0.441. The van der Waals surface area contributed by atoms with Gasteiger partial charge >= 0.3 is 11.9 Å². The van der Waals surface area contributed by atoms with Gasteiger partial charge in [0.1, 0.15) is 17.8 Å². The van der Waals surface area contributed by atoms with Crippen LogP contribution in [0.2, 0.25) is 0 Å². The van der Waals surface area contributed by atoms with Crippen molar-refractivity contribution in [3.63, 3.8) is 0 Å². The van der Waals surface area contributed by atoms with Gasteiger partial charge in [-0.05, 0) is 26.3 Å². The predicted octanol–water partition coefficient (Wildman–Crippen LogP) is 1.59. The lowest BCUT2D eigenvalue weighted by atomic mass is 9.75. The van der Waals surface area contributed by atoms with Gasteiger partial charge in [0.15, 0.2) is 0 Å². The molecule has 1 saturated heterocycles. The minimum Gasteiger partial charge on any atom is -0.458 e. The number of aliphatic hydroxyl groups excluding tert-OH is 1. The summed E-state index contributed by atoms with van der Waals surface area (Å²) in [5.41, 5.74) is 0.0318. The fourth-order valence-electron chi connectivity index (χ4n) is 4.29. The van der Waals surface area contributed by atoms with E-state index in [1.807, 2.05) is 0 Å². The highest BCUT2D eigenvalue weighted by atomic mass is 16.6. The molecule has 0 aromatic heterocycles. The van der Waals surface area contributed by atoms with Crippen LogP contribution in [-0.2, 0) is 19.1 Å². The molecule has 0 radical (unpaired) electrons. The molecule has 3 aliphatic rings. The monoisotopic (exact) mass is 360 g/mol. The first kappa shape index (κ1) is 18.6. The van der Waals surface area contributed by atoms with Crippen LogP contribution in [0.4, 0.5) is 0 Å². The van der Waals surface area contributed by atoms with E-state index < -0.39 is 47.7 Å². The molecule has 26 heavy (non-hydrogen) atoms. The van der Waals surface area contributed by atoms with Gasteiger partial charge in [0, 0.05) is 23.5 Å². The summed E-state index contributed by atoms with van der Waals surface area (Å²) < 4.78 is 11.1. The molecule has 0 amide bonds. The van der Waals surface area contributed by atoms with Gasteiger partial charge in [-0.1, -0.05) is 30.9 Å². The molecule has 6 atom stereocenters. The van der Waals surface area contributed by atoms with Crippen LogP contribution in [0, 0.1) is 11.8 Å². The molecule has 0 bridgehead atoms. The van der Waals surface area contributed by atoms with E-state index >= 15 is 0 Å². The molecule has 2 fully saturated rings. The molecule has 1 heterocycles. The highest BCUT2D eigenvalue weighted by Crippen LogP contribution is 2.53. The van der Waals surface area contributed by atoms with E-state index in [9.17, 15) is 19.8 Å². The molecular weight excluding hydrogens is 336 g/mol. The summed E-state index contributed by atoms with van der Waals surface area (Å²) >= 11 is 0. The molecule has 2 aliphatic carbocycles. The van der Waals surface area contributed by atoms with Crippen LogP contribution in [0.5, 0.6) is 0 Å². The second-order valence-electron chi connectivity index (χ2n) is 7.30. The van der Waals surface area contributed by atoms with E-state index in [2.05, 4.69) is 13.2 Å². The average molecular weight is 360 g/mol. The highest BCUT2D eigenvalue weighted by molar-refractivity contribution is 5.92. The summed E-state index contributed by atoms with van der Waals surface area (Å²) in [5, 5.41) is 21.9. The van der Waals surface area contributed by atoms with E-state index in [1.165, 1.54) is 0 Å². The second-order valence-corrected chi connectivity index (χ2v) is 7.30. The van der Waals surface area contributed by atoms with Gasteiger partial charge in [0.05, 0.1) is 12.0 Å². The van der Waals surface area contributed by atoms with Crippen LogP contribution >= 0.6 is 0 Å². The van der Waals surface area contributed by atoms with Gasteiger partial charge in [0.25, 0.3) is 0 Å². The lowest BCUT2D eigenvalue weighted by Crippen LogP contribution is -2.52. The van der Waals surface area contributed by atoms with Crippen LogP contribution in [0.1, 0.15) is 27.2 Å². The Morgan fingerprint density at radius 3 is 2.73 bits per heavy atom. The van der Waals surface area contributed by atoms with Crippen LogP contribution in [0.3, 0.4) is 0 Å². The second kappa shape index (κ2) is 6.21. The molecule has 0 spiro atoms. The Kier molecular flexibility index (Phi) is 4.45. The van der Waals surface area contributed by atoms with Crippen molar-refractivity contribution in [1.82, 2.24) is 0 Å². The van der Waals surface area contributed by atoms with Crippen LogP contribution in [0.25, 0.3) is 0 Å².